The Balaban J connectivity index is 1.71. The standard InChI is InChI=1S/C16H17Cl2N3O/c17-12-7-8-15(14(18)11-12)22-10-4-9-20-16(19)21-13-5-2-1-3-6-13/h1-3,5-8,11H,4,9-10H2,(H3,19,20,21). The van der Waals surface area contributed by atoms with Gasteiger partial charge in [0.25, 0.3) is 0 Å². The van der Waals surface area contributed by atoms with Gasteiger partial charge in [-0.05, 0) is 30.3 Å². The number of aliphatic imine (C=N–C) groups is 1. The monoisotopic (exact) mass is 337 g/mol. The SMILES string of the molecule is NC(=NCCCOc1ccc(Cl)cc1Cl)Nc1ccccc1. The van der Waals surface area contributed by atoms with Crippen molar-refractivity contribution in [2.45, 2.75) is 6.42 Å². The smallest absolute Gasteiger partial charge is 0.193 e. The van der Waals surface area contributed by atoms with Crippen molar-refractivity contribution >= 4 is 34.8 Å². The normalized spacial score (nSPS) is 11.3. The van der Waals surface area contributed by atoms with Gasteiger partial charge in [0, 0.05) is 23.7 Å². The van der Waals surface area contributed by atoms with E-state index in [1.165, 1.54) is 0 Å². The van der Waals surface area contributed by atoms with E-state index >= 15 is 0 Å². The van der Waals surface area contributed by atoms with Crippen LogP contribution in [0.4, 0.5) is 5.69 Å². The number of benzene rings is 2. The first kappa shape index (κ1) is 16.5. The molecule has 4 nitrogen and oxygen atoms in total. The van der Waals surface area contributed by atoms with Crippen molar-refractivity contribution in [2.75, 3.05) is 18.5 Å². The number of anilines is 1. The average Bonchev–Trinajstić information content (AvgIpc) is 2.50. The molecule has 0 radical (unpaired) electrons. The van der Waals surface area contributed by atoms with Gasteiger partial charge in [-0.2, -0.15) is 0 Å². The Labute approximate surface area is 139 Å². The van der Waals surface area contributed by atoms with Crippen LogP contribution in [-0.2, 0) is 0 Å². The van der Waals surface area contributed by atoms with Gasteiger partial charge in [0.1, 0.15) is 5.75 Å². The number of para-hydroxylation sites is 1. The van der Waals surface area contributed by atoms with Gasteiger partial charge in [0.05, 0.1) is 11.6 Å². The molecule has 2 aromatic rings. The highest BCUT2D eigenvalue weighted by molar-refractivity contribution is 6.35. The third-order valence-electron chi connectivity index (χ3n) is 2.78. The van der Waals surface area contributed by atoms with Gasteiger partial charge < -0.3 is 15.8 Å². The van der Waals surface area contributed by atoms with E-state index in [0.29, 0.717) is 34.9 Å². The maximum atomic E-state index is 6.02. The Kier molecular flexibility index (Phi) is 6.37. The molecule has 0 amide bonds. The van der Waals surface area contributed by atoms with Crippen LogP contribution >= 0.6 is 23.2 Å². The lowest BCUT2D eigenvalue weighted by Crippen LogP contribution is -2.23. The quantitative estimate of drug-likeness (QED) is 0.472. The van der Waals surface area contributed by atoms with Crippen molar-refractivity contribution in [1.29, 1.82) is 0 Å². The second-order valence-electron chi connectivity index (χ2n) is 4.53. The van der Waals surface area contributed by atoms with Crippen LogP contribution in [0.15, 0.2) is 53.5 Å². The van der Waals surface area contributed by atoms with Gasteiger partial charge in [0.2, 0.25) is 0 Å². The summed E-state index contributed by atoms with van der Waals surface area (Å²) in [6.07, 6.45) is 0.732. The zero-order valence-electron chi connectivity index (χ0n) is 11.9. The third kappa shape index (κ3) is 5.47. The Hall–Kier alpha value is -1.91. The molecule has 2 aromatic carbocycles. The fraction of sp³-hybridized carbons (Fsp3) is 0.188. The van der Waals surface area contributed by atoms with Gasteiger partial charge in [-0.15, -0.1) is 0 Å². The molecule has 3 N–H and O–H groups in total. The second kappa shape index (κ2) is 8.51. The highest BCUT2D eigenvalue weighted by Gasteiger charge is 2.01. The van der Waals surface area contributed by atoms with Crippen molar-refractivity contribution in [3.63, 3.8) is 0 Å². The summed E-state index contributed by atoms with van der Waals surface area (Å²) in [4.78, 5) is 4.24. The van der Waals surface area contributed by atoms with E-state index in [0.717, 1.165) is 12.1 Å². The van der Waals surface area contributed by atoms with Gasteiger partial charge >= 0.3 is 0 Å². The van der Waals surface area contributed by atoms with E-state index in [4.69, 9.17) is 33.7 Å². The fourth-order valence-electron chi connectivity index (χ4n) is 1.75. The molecule has 0 fully saturated rings. The van der Waals surface area contributed by atoms with Crippen LogP contribution in [0.1, 0.15) is 6.42 Å². The van der Waals surface area contributed by atoms with Crippen molar-refractivity contribution in [2.24, 2.45) is 10.7 Å². The van der Waals surface area contributed by atoms with Crippen LogP contribution in [-0.4, -0.2) is 19.1 Å². The van der Waals surface area contributed by atoms with Crippen LogP contribution in [0.25, 0.3) is 0 Å². The highest BCUT2D eigenvalue weighted by Crippen LogP contribution is 2.27. The van der Waals surface area contributed by atoms with Crippen molar-refractivity contribution in [3.05, 3.63) is 58.6 Å². The first-order valence-electron chi connectivity index (χ1n) is 6.85. The van der Waals surface area contributed by atoms with E-state index in [1.807, 2.05) is 30.3 Å². The number of nitrogens with two attached hydrogens (primary N) is 1. The molecule has 0 aliphatic rings. The molecule has 116 valence electrons. The predicted octanol–water partition coefficient (Wildman–Crippen LogP) is 4.19. The Morgan fingerprint density at radius 3 is 2.64 bits per heavy atom. The topological polar surface area (TPSA) is 59.6 Å². The molecular formula is C16H17Cl2N3O. The highest BCUT2D eigenvalue weighted by atomic mass is 35.5. The molecule has 0 saturated carbocycles. The minimum absolute atomic E-state index is 0.385. The van der Waals surface area contributed by atoms with Crippen LogP contribution in [0.3, 0.4) is 0 Å². The zero-order chi connectivity index (χ0) is 15.8. The Morgan fingerprint density at radius 1 is 1.14 bits per heavy atom. The number of rotatable bonds is 6. The molecule has 0 unspecified atom stereocenters. The van der Waals surface area contributed by atoms with Crippen molar-refractivity contribution in [1.82, 2.24) is 0 Å². The Morgan fingerprint density at radius 2 is 1.91 bits per heavy atom. The van der Waals surface area contributed by atoms with Crippen molar-refractivity contribution in [3.8, 4) is 5.75 Å². The summed E-state index contributed by atoms with van der Waals surface area (Å²) >= 11 is 11.8. The van der Waals surface area contributed by atoms with Crippen molar-refractivity contribution < 1.29 is 4.74 Å². The van der Waals surface area contributed by atoms with Gasteiger partial charge in [-0.3, -0.25) is 4.99 Å². The molecule has 0 atom stereocenters. The molecule has 6 heteroatoms. The molecule has 0 aliphatic carbocycles. The predicted molar refractivity (Wildman–Crippen MR) is 93.1 cm³/mol. The minimum atomic E-state index is 0.385. The average molecular weight is 338 g/mol. The maximum absolute atomic E-state index is 6.02. The molecule has 22 heavy (non-hydrogen) atoms. The summed E-state index contributed by atoms with van der Waals surface area (Å²) in [5.41, 5.74) is 6.71. The third-order valence-corrected chi connectivity index (χ3v) is 3.31. The summed E-state index contributed by atoms with van der Waals surface area (Å²) in [5, 5.41) is 4.10. The zero-order valence-corrected chi connectivity index (χ0v) is 13.4. The molecule has 0 spiro atoms. The summed E-state index contributed by atoms with van der Waals surface area (Å²) in [7, 11) is 0. The lowest BCUT2D eigenvalue weighted by atomic mass is 10.3. The molecule has 0 saturated heterocycles. The van der Waals surface area contributed by atoms with Crippen LogP contribution in [0.2, 0.25) is 10.0 Å². The number of nitrogens with one attached hydrogen (secondary N) is 1. The lowest BCUT2D eigenvalue weighted by molar-refractivity contribution is 0.314. The summed E-state index contributed by atoms with van der Waals surface area (Å²) in [6.45, 7) is 1.07. The lowest BCUT2D eigenvalue weighted by Gasteiger charge is -2.08. The first-order valence-corrected chi connectivity index (χ1v) is 7.60. The van der Waals surface area contributed by atoms with E-state index in [9.17, 15) is 0 Å². The molecule has 0 bridgehead atoms. The largest absolute Gasteiger partial charge is 0.492 e. The minimum Gasteiger partial charge on any atom is -0.492 e. The number of nitrogens with zero attached hydrogens (tertiary/aromatic N) is 1. The van der Waals surface area contributed by atoms with E-state index in [1.54, 1.807) is 18.2 Å². The molecule has 2 rings (SSSR count). The summed E-state index contributed by atoms with van der Waals surface area (Å²) in [5.74, 6) is 1.00. The molecule has 0 aromatic heterocycles. The number of hydrogen-bond donors (Lipinski definition) is 2. The molecular weight excluding hydrogens is 321 g/mol. The summed E-state index contributed by atoms with van der Waals surface area (Å²) in [6, 6.07) is 14.8. The van der Waals surface area contributed by atoms with E-state index in [2.05, 4.69) is 10.3 Å². The molecule has 0 heterocycles. The molecule has 0 aliphatic heterocycles. The van der Waals surface area contributed by atoms with Gasteiger partial charge in [-0.1, -0.05) is 41.4 Å². The summed E-state index contributed by atoms with van der Waals surface area (Å²) < 4.78 is 5.57. The fourth-order valence-corrected chi connectivity index (χ4v) is 2.21. The van der Waals surface area contributed by atoms with Crippen LogP contribution < -0.4 is 15.8 Å². The Bertz CT molecular complexity index is 633. The van der Waals surface area contributed by atoms with Crippen LogP contribution in [0, 0.1) is 0 Å². The van der Waals surface area contributed by atoms with Gasteiger partial charge in [-0.25, -0.2) is 0 Å². The van der Waals surface area contributed by atoms with Gasteiger partial charge in [0.15, 0.2) is 5.96 Å². The first-order chi connectivity index (χ1) is 10.6. The maximum Gasteiger partial charge on any atom is 0.193 e. The number of ether oxygens (including phenoxy) is 1. The number of hydrogen-bond acceptors (Lipinski definition) is 2. The van der Waals surface area contributed by atoms with E-state index in [-0.39, 0.29) is 0 Å². The number of guanidine groups is 1. The van der Waals surface area contributed by atoms with Crippen LogP contribution in [0.5, 0.6) is 5.75 Å². The van der Waals surface area contributed by atoms with E-state index < -0.39 is 0 Å². The number of halogens is 2. The second-order valence-corrected chi connectivity index (χ2v) is 5.38.